The molecular weight excluding hydrogens is 268 g/mol. The monoisotopic (exact) mass is 278 g/mol. The van der Waals surface area contributed by atoms with E-state index in [9.17, 15) is 9.59 Å². The zero-order valence-electron chi connectivity index (χ0n) is 10.2. The third-order valence-corrected chi connectivity index (χ3v) is 3.49. The SMILES string of the molecule is Cc1nsc(N(C)C(=O)c2cncnc2)c1C(=O)O. The molecule has 0 spiro atoms. The number of amides is 1. The largest absolute Gasteiger partial charge is 0.478 e. The first-order valence-corrected chi connectivity index (χ1v) is 6.02. The van der Waals surface area contributed by atoms with Crippen LogP contribution >= 0.6 is 11.5 Å². The number of carboxylic acid groups (broad SMARTS) is 1. The van der Waals surface area contributed by atoms with E-state index >= 15 is 0 Å². The number of anilines is 1. The lowest BCUT2D eigenvalue weighted by atomic mass is 10.2. The van der Waals surface area contributed by atoms with Crippen LogP contribution in [0, 0.1) is 6.92 Å². The van der Waals surface area contributed by atoms with Crippen LogP contribution in [0.5, 0.6) is 0 Å². The Balaban J connectivity index is 2.38. The number of carboxylic acids is 1. The number of nitrogens with zero attached hydrogens (tertiary/aromatic N) is 4. The van der Waals surface area contributed by atoms with Gasteiger partial charge in [0.2, 0.25) is 0 Å². The molecule has 0 aliphatic heterocycles. The average molecular weight is 278 g/mol. The molecule has 8 heteroatoms. The first-order valence-electron chi connectivity index (χ1n) is 5.25. The molecule has 0 radical (unpaired) electrons. The molecule has 19 heavy (non-hydrogen) atoms. The molecule has 0 aliphatic rings. The van der Waals surface area contributed by atoms with Crippen LogP contribution in [0.3, 0.4) is 0 Å². The maximum Gasteiger partial charge on any atom is 0.340 e. The van der Waals surface area contributed by atoms with Crippen molar-refractivity contribution in [2.75, 3.05) is 11.9 Å². The van der Waals surface area contributed by atoms with Gasteiger partial charge in [-0.15, -0.1) is 0 Å². The van der Waals surface area contributed by atoms with Gasteiger partial charge in [-0.3, -0.25) is 4.79 Å². The minimum Gasteiger partial charge on any atom is -0.478 e. The van der Waals surface area contributed by atoms with E-state index in [1.807, 2.05) is 0 Å². The van der Waals surface area contributed by atoms with Crippen molar-refractivity contribution in [3.8, 4) is 0 Å². The van der Waals surface area contributed by atoms with Crippen molar-refractivity contribution in [2.24, 2.45) is 0 Å². The molecule has 0 unspecified atom stereocenters. The van der Waals surface area contributed by atoms with Crippen LogP contribution in [0.1, 0.15) is 26.4 Å². The quantitative estimate of drug-likeness (QED) is 0.906. The van der Waals surface area contributed by atoms with Crippen molar-refractivity contribution in [3.63, 3.8) is 0 Å². The van der Waals surface area contributed by atoms with Gasteiger partial charge in [0.15, 0.2) is 0 Å². The van der Waals surface area contributed by atoms with Crippen LogP contribution in [0.2, 0.25) is 0 Å². The summed E-state index contributed by atoms with van der Waals surface area (Å²) in [7, 11) is 1.49. The molecule has 0 fully saturated rings. The van der Waals surface area contributed by atoms with Crippen molar-refractivity contribution in [1.29, 1.82) is 0 Å². The summed E-state index contributed by atoms with van der Waals surface area (Å²) in [5.74, 6) is -1.49. The Labute approximate surface area is 112 Å². The van der Waals surface area contributed by atoms with Gasteiger partial charge < -0.3 is 10.0 Å². The Morgan fingerprint density at radius 3 is 2.53 bits per heavy atom. The molecule has 0 saturated carbocycles. The van der Waals surface area contributed by atoms with Crippen LogP contribution in [0.25, 0.3) is 0 Å². The van der Waals surface area contributed by atoms with Gasteiger partial charge in [0.1, 0.15) is 16.9 Å². The van der Waals surface area contributed by atoms with Gasteiger partial charge in [-0.2, -0.15) is 4.37 Å². The van der Waals surface area contributed by atoms with Crippen LogP contribution in [0.4, 0.5) is 5.00 Å². The number of aromatic carboxylic acids is 1. The molecule has 0 atom stereocenters. The second-order valence-corrected chi connectivity index (χ2v) is 4.50. The van der Waals surface area contributed by atoms with Crippen LogP contribution in [-0.2, 0) is 0 Å². The molecule has 1 amide bonds. The standard InChI is InChI=1S/C11H10N4O3S/c1-6-8(11(17)18)10(19-14-6)15(2)9(16)7-3-12-5-13-4-7/h3-5H,1-2H3,(H,17,18). The van der Waals surface area contributed by atoms with Crippen molar-refractivity contribution in [1.82, 2.24) is 14.3 Å². The van der Waals surface area contributed by atoms with Gasteiger partial charge in [-0.1, -0.05) is 0 Å². The van der Waals surface area contributed by atoms with E-state index in [-0.39, 0.29) is 17.0 Å². The third kappa shape index (κ3) is 2.43. The van der Waals surface area contributed by atoms with E-state index in [1.54, 1.807) is 6.92 Å². The topological polar surface area (TPSA) is 96.3 Å². The molecule has 7 nitrogen and oxygen atoms in total. The van der Waals surface area contributed by atoms with Gasteiger partial charge in [0.05, 0.1) is 11.3 Å². The maximum atomic E-state index is 12.2. The minimum atomic E-state index is -1.11. The van der Waals surface area contributed by atoms with E-state index in [2.05, 4.69) is 14.3 Å². The Kier molecular flexibility index (Phi) is 3.52. The first-order chi connectivity index (χ1) is 9.02. The van der Waals surface area contributed by atoms with Crippen LogP contribution < -0.4 is 4.90 Å². The second-order valence-electron chi connectivity index (χ2n) is 3.74. The van der Waals surface area contributed by atoms with Crippen molar-refractivity contribution in [3.05, 3.63) is 35.5 Å². The molecule has 0 aromatic carbocycles. The lowest BCUT2D eigenvalue weighted by molar-refractivity contribution is 0.0697. The molecule has 2 aromatic heterocycles. The summed E-state index contributed by atoms with van der Waals surface area (Å²) in [6, 6.07) is 0. The molecule has 0 saturated heterocycles. The fourth-order valence-corrected chi connectivity index (χ4v) is 2.37. The van der Waals surface area contributed by atoms with Crippen molar-refractivity contribution in [2.45, 2.75) is 6.92 Å². The Bertz CT molecular complexity index is 626. The van der Waals surface area contributed by atoms with E-state index < -0.39 is 5.97 Å². The summed E-state index contributed by atoms with van der Waals surface area (Å²) >= 11 is 0.969. The van der Waals surface area contributed by atoms with Crippen LogP contribution in [-0.4, -0.2) is 38.4 Å². The molecule has 1 N–H and O–H groups in total. The van der Waals surface area contributed by atoms with Crippen molar-refractivity contribution >= 4 is 28.4 Å². The fourth-order valence-electron chi connectivity index (χ4n) is 1.53. The number of hydrogen-bond donors (Lipinski definition) is 1. The molecular formula is C11H10N4O3S. The summed E-state index contributed by atoms with van der Waals surface area (Å²) < 4.78 is 3.97. The molecule has 0 bridgehead atoms. The zero-order valence-corrected chi connectivity index (χ0v) is 11.0. The van der Waals surface area contributed by atoms with Gasteiger partial charge >= 0.3 is 5.97 Å². The predicted molar refractivity (Wildman–Crippen MR) is 68.6 cm³/mol. The number of carbonyl (C=O) groups excluding carboxylic acids is 1. The summed E-state index contributed by atoms with van der Waals surface area (Å²) in [6.45, 7) is 1.59. The van der Waals surface area contributed by atoms with Gasteiger partial charge in [0, 0.05) is 19.4 Å². The highest BCUT2D eigenvalue weighted by molar-refractivity contribution is 7.11. The maximum absolute atomic E-state index is 12.2. The molecule has 2 rings (SSSR count). The lowest BCUT2D eigenvalue weighted by Gasteiger charge is -2.15. The van der Waals surface area contributed by atoms with Crippen molar-refractivity contribution < 1.29 is 14.7 Å². The zero-order chi connectivity index (χ0) is 14.0. The number of hydrogen-bond acceptors (Lipinski definition) is 6. The highest BCUT2D eigenvalue weighted by atomic mass is 32.1. The highest BCUT2D eigenvalue weighted by Crippen LogP contribution is 2.28. The number of aromatic nitrogens is 3. The summed E-state index contributed by atoms with van der Waals surface area (Å²) in [4.78, 5) is 32.1. The second kappa shape index (κ2) is 5.11. The lowest BCUT2D eigenvalue weighted by Crippen LogP contribution is -2.27. The predicted octanol–water partition coefficient (Wildman–Crippen LogP) is 1.22. The summed E-state index contributed by atoms with van der Waals surface area (Å²) in [5.41, 5.74) is 0.710. The number of aryl methyl sites for hydroxylation is 1. The van der Waals surface area contributed by atoms with E-state index in [4.69, 9.17) is 5.11 Å². The summed E-state index contributed by atoms with van der Waals surface area (Å²) in [5, 5.41) is 9.43. The van der Waals surface area contributed by atoms with Gasteiger partial charge in [0.25, 0.3) is 5.91 Å². The Morgan fingerprint density at radius 1 is 1.32 bits per heavy atom. The molecule has 0 aliphatic carbocycles. The first kappa shape index (κ1) is 13.1. The molecule has 2 heterocycles. The number of rotatable bonds is 3. The van der Waals surface area contributed by atoms with Crippen LogP contribution in [0.15, 0.2) is 18.7 Å². The van der Waals surface area contributed by atoms with E-state index in [1.165, 1.54) is 30.7 Å². The normalized spacial score (nSPS) is 10.2. The minimum absolute atomic E-state index is 0.0395. The fraction of sp³-hybridized carbons (Fsp3) is 0.182. The Hall–Kier alpha value is -2.35. The molecule has 98 valence electrons. The third-order valence-electron chi connectivity index (χ3n) is 2.48. The summed E-state index contributed by atoms with van der Waals surface area (Å²) in [6.07, 6.45) is 4.07. The molecule has 2 aromatic rings. The van der Waals surface area contributed by atoms with E-state index in [0.29, 0.717) is 10.7 Å². The Morgan fingerprint density at radius 2 is 1.95 bits per heavy atom. The average Bonchev–Trinajstić information content (AvgIpc) is 2.80. The van der Waals surface area contributed by atoms with Gasteiger partial charge in [-0.25, -0.2) is 14.8 Å². The van der Waals surface area contributed by atoms with Gasteiger partial charge in [-0.05, 0) is 18.5 Å². The number of carbonyl (C=O) groups is 2. The van der Waals surface area contributed by atoms with E-state index in [0.717, 1.165) is 11.5 Å². The smallest absolute Gasteiger partial charge is 0.340 e. The highest BCUT2D eigenvalue weighted by Gasteiger charge is 2.24.